The molecule has 0 saturated heterocycles. The minimum atomic E-state index is -0.881. The molecule has 0 aromatic carbocycles. The van der Waals surface area contributed by atoms with Crippen molar-refractivity contribution in [3.05, 3.63) is 0 Å². The summed E-state index contributed by atoms with van der Waals surface area (Å²) in [7, 11) is 0. The highest BCUT2D eigenvalue weighted by Gasteiger charge is 2.12. The molecule has 0 aromatic heterocycles. The lowest BCUT2D eigenvalue weighted by atomic mass is 10.1. The van der Waals surface area contributed by atoms with Crippen LogP contribution in [0.15, 0.2) is 0 Å². The average molecular weight is 252 g/mol. The third kappa shape index (κ3) is 7.93. The smallest absolute Gasteiger partial charge is 0.122 e. The number of halogens is 2. The molecule has 4 heteroatoms. The molecule has 1 N–H and O–H groups in total. The number of aliphatic hydroxyl groups is 1. The van der Waals surface area contributed by atoms with Gasteiger partial charge in [0.25, 0.3) is 0 Å². The van der Waals surface area contributed by atoms with E-state index in [1.165, 1.54) is 0 Å². The Morgan fingerprint density at radius 2 is 1.80 bits per heavy atom. The van der Waals surface area contributed by atoms with Crippen LogP contribution < -0.4 is 0 Å². The number of rotatable bonds is 6. The van der Waals surface area contributed by atoms with Gasteiger partial charge in [-0.3, -0.25) is 4.90 Å². The third-order valence-corrected chi connectivity index (χ3v) is 2.49. The first-order valence-electron chi connectivity index (χ1n) is 5.12. The molecule has 15 heavy (non-hydrogen) atoms. The number of hydrogen-bond acceptors (Lipinski definition) is 2. The second-order valence-electron chi connectivity index (χ2n) is 3.58. The van der Waals surface area contributed by atoms with E-state index in [9.17, 15) is 5.11 Å². The molecule has 0 aromatic rings. The molecular formula is C11H19Cl2NO. The lowest BCUT2D eigenvalue weighted by Gasteiger charge is -2.17. The average Bonchev–Trinajstić information content (AvgIpc) is 2.18. The molecule has 0 aliphatic rings. The minimum absolute atomic E-state index is 0.572. The fraction of sp³-hybridized carbons (Fsp3) is 0.818. The molecule has 0 radical (unpaired) electrons. The van der Waals surface area contributed by atoms with Crippen molar-refractivity contribution in [2.24, 2.45) is 0 Å². The molecule has 1 atom stereocenters. The third-order valence-electron chi connectivity index (χ3n) is 2.15. The second-order valence-corrected chi connectivity index (χ2v) is 4.34. The van der Waals surface area contributed by atoms with Crippen LogP contribution in [0.1, 0.15) is 20.3 Å². The van der Waals surface area contributed by atoms with Gasteiger partial charge in [0.2, 0.25) is 0 Å². The van der Waals surface area contributed by atoms with Crippen LogP contribution in [0.25, 0.3) is 0 Å². The highest BCUT2D eigenvalue weighted by molar-refractivity contribution is 6.18. The molecule has 0 amide bonds. The Hall–Kier alpha value is 0.0600. The molecule has 0 aliphatic carbocycles. The Labute approximate surface area is 103 Å². The topological polar surface area (TPSA) is 23.5 Å². The lowest BCUT2D eigenvalue weighted by molar-refractivity contribution is 0.118. The zero-order chi connectivity index (χ0) is 11.7. The molecule has 0 rings (SSSR count). The molecule has 0 saturated carbocycles. The fourth-order valence-electron chi connectivity index (χ4n) is 0.939. The van der Waals surface area contributed by atoms with E-state index in [0.717, 1.165) is 13.1 Å². The van der Waals surface area contributed by atoms with E-state index >= 15 is 0 Å². The van der Waals surface area contributed by atoms with Gasteiger partial charge in [-0.05, 0) is 13.3 Å². The summed E-state index contributed by atoms with van der Waals surface area (Å²) >= 11 is 11.3. The largest absolute Gasteiger partial charge is 0.378 e. The van der Waals surface area contributed by atoms with E-state index in [1.54, 1.807) is 6.92 Å². The molecule has 0 spiro atoms. The quantitative estimate of drug-likeness (QED) is 0.576. The van der Waals surface area contributed by atoms with Crippen LogP contribution in [-0.4, -0.2) is 47.0 Å². The van der Waals surface area contributed by atoms with Crippen LogP contribution in [0, 0.1) is 11.8 Å². The van der Waals surface area contributed by atoms with Gasteiger partial charge in [0.15, 0.2) is 0 Å². The Morgan fingerprint density at radius 3 is 2.20 bits per heavy atom. The Kier molecular flexibility index (Phi) is 8.27. The normalized spacial score (nSPS) is 14.5. The van der Waals surface area contributed by atoms with Gasteiger partial charge in [-0.25, -0.2) is 0 Å². The van der Waals surface area contributed by atoms with Crippen molar-refractivity contribution in [2.75, 3.05) is 31.4 Å². The van der Waals surface area contributed by atoms with Crippen LogP contribution in [0.4, 0.5) is 0 Å². The van der Waals surface area contributed by atoms with Crippen molar-refractivity contribution in [3.63, 3.8) is 0 Å². The highest BCUT2D eigenvalue weighted by Crippen LogP contribution is 2.05. The van der Waals surface area contributed by atoms with E-state index < -0.39 is 5.60 Å². The minimum Gasteiger partial charge on any atom is -0.378 e. The van der Waals surface area contributed by atoms with Crippen molar-refractivity contribution in [1.29, 1.82) is 0 Å². The SMILES string of the molecule is CC[C@](C)(O)C#CCN(CCCl)CCCl. The summed E-state index contributed by atoms with van der Waals surface area (Å²) in [5.74, 6) is 6.93. The number of hydrogen-bond donors (Lipinski definition) is 1. The van der Waals surface area contributed by atoms with Crippen molar-refractivity contribution in [3.8, 4) is 11.8 Å². The Morgan fingerprint density at radius 1 is 1.27 bits per heavy atom. The number of nitrogens with zero attached hydrogens (tertiary/aromatic N) is 1. The van der Waals surface area contributed by atoms with Crippen molar-refractivity contribution in [1.82, 2.24) is 4.90 Å². The van der Waals surface area contributed by atoms with E-state index in [-0.39, 0.29) is 0 Å². The fourth-order valence-corrected chi connectivity index (χ4v) is 1.42. The van der Waals surface area contributed by atoms with Crippen LogP contribution in [-0.2, 0) is 0 Å². The molecule has 0 heterocycles. The zero-order valence-electron chi connectivity index (χ0n) is 9.39. The highest BCUT2D eigenvalue weighted by atomic mass is 35.5. The van der Waals surface area contributed by atoms with Gasteiger partial charge in [0.1, 0.15) is 5.60 Å². The first-order valence-corrected chi connectivity index (χ1v) is 6.19. The van der Waals surface area contributed by atoms with Gasteiger partial charge >= 0.3 is 0 Å². The van der Waals surface area contributed by atoms with Gasteiger partial charge < -0.3 is 5.11 Å². The van der Waals surface area contributed by atoms with E-state index in [1.807, 2.05) is 6.92 Å². The summed E-state index contributed by atoms with van der Waals surface area (Å²) in [5, 5.41) is 9.65. The first kappa shape index (κ1) is 15.1. The summed E-state index contributed by atoms with van der Waals surface area (Å²) in [6, 6.07) is 0. The Bertz CT molecular complexity index is 214. The predicted octanol–water partition coefficient (Wildman–Crippen LogP) is 1.93. The van der Waals surface area contributed by atoms with E-state index in [4.69, 9.17) is 23.2 Å². The van der Waals surface area contributed by atoms with Crippen molar-refractivity contribution < 1.29 is 5.11 Å². The van der Waals surface area contributed by atoms with E-state index in [2.05, 4.69) is 16.7 Å². The zero-order valence-corrected chi connectivity index (χ0v) is 10.9. The molecule has 2 nitrogen and oxygen atoms in total. The predicted molar refractivity (Wildman–Crippen MR) is 66.6 cm³/mol. The molecule has 0 fully saturated rings. The molecular weight excluding hydrogens is 233 g/mol. The maximum Gasteiger partial charge on any atom is 0.122 e. The van der Waals surface area contributed by atoms with E-state index in [0.29, 0.717) is 24.7 Å². The molecule has 0 bridgehead atoms. The maximum absolute atomic E-state index is 9.65. The summed E-state index contributed by atoms with van der Waals surface area (Å²) in [6.45, 7) is 5.78. The lowest BCUT2D eigenvalue weighted by Crippen LogP contribution is -2.29. The summed E-state index contributed by atoms with van der Waals surface area (Å²) in [5.41, 5.74) is -0.881. The summed E-state index contributed by atoms with van der Waals surface area (Å²) in [6.07, 6.45) is 0.630. The summed E-state index contributed by atoms with van der Waals surface area (Å²) in [4.78, 5) is 2.07. The van der Waals surface area contributed by atoms with Gasteiger partial charge in [0, 0.05) is 24.8 Å². The number of alkyl halides is 2. The van der Waals surface area contributed by atoms with Gasteiger partial charge in [-0.2, -0.15) is 0 Å². The maximum atomic E-state index is 9.65. The molecule has 0 aliphatic heterocycles. The monoisotopic (exact) mass is 251 g/mol. The summed E-state index contributed by atoms with van der Waals surface area (Å²) < 4.78 is 0. The molecule has 0 unspecified atom stereocenters. The standard InChI is InChI=1S/C11H19Cl2NO/c1-3-11(2,15)5-4-8-14(9-6-12)10-7-13/h15H,3,6-10H2,1-2H3/t11-/m0/s1. The van der Waals surface area contributed by atoms with Crippen molar-refractivity contribution in [2.45, 2.75) is 25.9 Å². The molecule has 88 valence electrons. The van der Waals surface area contributed by atoms with Crippen LogP contribution in [0.3, 0.4) is 0 Å². The van der Waals surface area contributed by atoms with Crippen LogP contribution in [0.2, 0.25) is 0 Å². The first-order chi connectivity index (χ1) is 7.05. The second kappa shape index (κ2) is 8.24. The van der Waals surface area contributed by atoms with Crippen LogP contribution >= 0.6 is 23.2 Å². The van der Waals surface area contributed by atoms with Gasteiger partial charge in [0.05, 0.1) is 6.54 Å². The van der Waals surface area contributed by atoms with Crippen LogP contribution in [0.5, 0.6) is 0 Å². The van der Waals surface area contributed by atoms with Gasteiger partial charge in [-0.15, -0.1) is 23.2 Å². The Balaban J connectivity index is 4.07. The van der Waals surface area contributed by atoms with Gasteiger partial charge in [-0.1, -0.05) is 18.8 Å². The van der Waals surface area contributed by atoms with Crippen molar-refractivity contribution >= 4 is 23.2 Å².